The molecule has 1 saturated heterocycles. The van der Waals surface area contributed by atoms with Crippen molar-refractivity contribution < 1.29 is 4.74 Å². The van der Waals surface area contributed by atoms with Crippen LogP contribution in [-0.2, 0) is 17.8 Å². The first-order chi connectivity index (χ1) is 12.7. The van der Waals surface area contributed by atoms with Crippen LogP contribution in [-0.4, -0.2) is 41.3 Å². The lowest BCUT2D eigenvalue weighted by Crippen LogP contribution is -2.41. The Morgan fingerprint density at radius 3 is 2.96 bits per heavy atom. The maximum atomic E-state index is 5.67. The van der Waals surface area contributed by atoms with Gasteiger partial charge in [-0.3, -0.25) is 0 Å². The number of guanidine groups is 1. The van der Waals surface area contributed by atoms with E-state index in [1.807, 2.05) is 19.3 Å². The highest BCUT2D eigenvalue weighted by atomic mass is 16.5. The predicted molar refractivity (Wildman–Crippen MR) is 104 cm³/mol. The fourth-order valence-electron chi connectivity index (χ4n) is 3.12. The summed E-state index contributed by atoms with van der Waals surface area (Å²) in [7, 11) is 0. The molecule has 1 atom stereocenters. The maximum Gasteiger partial charge on any atom is 0.191 e. The van der Waals surface area contributed by atoms with Crippen molar-refractivity contribution in [2.24, 2.45) is 4.99 Å². The summed E-state index contributed by atoms with van der Waals surface area (Å²) in [5.74, 6) is 1.88. The predicted octanol–water partition coefficient (Wildman–Crippen LogP) is 2.47. The smallest absolute Gasteiger partial charge is 0.191 e. The number of benzene rings is 1. The quantitative estimate of drug-likeness (QED) is 0.592. The number of rotatable bonds is 7. The molecule has 1 fully saturated rings. The van der Waals surface area contributed by atoms with Gasteiger partial charge < -0.3 is 19.9 Å². The molecule has 6 heteroatoms. The minimum absolute atomic E-state index is 0.306. The minimum atomic E-state index is 0.306. The molecule has 140 valence electrons. The van der Waals surface area contributed by atoms with Gasteiger partial charge in [-0.05, 0) is 37.8 Å². The van der Waals surface area contributed by atoms with Crippen LogP contribution in [0.2, 0.25) is 0 Å². The summed E-state index contributed by atoms with van der Waals surface area (Å²) in [6, 6.07) is 8.58. The van der Waals surface area contributed by atoms with Crippen LogP contribution in [0.25, 0.3) is 0 Å². The van der Waals surface area contributed by atoms with E-state index in [1.54, 1.807) is 0 Å². The summed E-state index contributed by atoms with van der Waals surface area (Å²) in [6.45, 7) is 8.12. The molecule has 0 amide bonds. The molecule has 0 radical (unpaired) electrons. The van der Waals surface area contributed by atoms with Gasteiger partial charge in [0.2, 0.25) is 0 Å². The Hall–Kier alpha value is -2.34. The first kappa shape index (κ1) is 18.5. The third kappa shape index (κ3) is 5.33. The molecule has 0 bridgehead atoms. The highest BCUT2D eigenvalue weighted by Gasteiger charge is 2.15. The van der Waals surface area contributed by atoms with E-state index in [4.69, 9.17) is 9.73 Å². The van der Waals surface area contributed by atoms with Crippen LogP contribution in [0.4, 0.5) is 0 Å². The number of aromatic nitrogens is 2. The van der Waals surface area contributed by atoms with Crippen LogP contribution >= 0.6 is 0 Å². The first-order valence-electron chi connectivity index (χ1n) is 9.44. The SMILES string of the molecule is CCNC(=NCc1cccc(Cn2ccnc2C)c1)NCC1CCCO1. The Morgan fingerprint density at radius 2 is 2.23 bits per heavy atom. The van der Waals surface area contributed by atoms with E-state index in [9.17, 15) is 0 Å². The molecule has 0 saturated carbocycles. The van der Waals surface area contributed by atoms with E-state index < -0.39 is 0 Å². The van der Waals surface area contributed by atoms with E-state index >= 15 is 0 Å². The molecule has 3 rings (SSSR count). The van der Waals surface area contributed by atoms with Gasteiger partial charge in [-0.15, -0.1) is 0 Å². The Morgan fingerprint density at radius 1 is 1.35 bits per heavy atom. The average molecular weight is 355 g/mol. The number of imidazole rings is 1. The molecule has 6 nitrogen and oxygen atoms in total. The maximum absolute atomic E-state index is 5.67. The third-order valence-electron chi connectivity index (χ3n) is 4.55. The zero-order valence-electron chi connectivity index (χ0n) is 15.7. The van der Waals surface area contributed by atoms with Crippen LogP contribution < -0.4 is 10.6 Å². The molecule has 2 heterocycles. The first-order valence-corrected chi connectivity index (χ1v) is 9.44. The molecule has 26 heavy (non-hydrogen) atoms. The third-order valence-corrected chi connectivity index (χ3v) is 4.55. The molecular formula is C20H29N5O. The molecule has 1 aromatic heterocycles. The van der Waals surface area contributed by atoms with E-state index in [0.717, 1.165) is 50.9 Å². The molecule has 1 aliphatic heterocycles. The van der Waals surface area contributed by atoms with Crippen molar-refractivity contribution in [3.05, 3.63) is 53.6 Å². The Labute approximate surface area is 155 Å². The number of ether oxygens (including phenoxy) is 1. The highest BCUT2D eigenvalue weighted by Crippen LogP contribution is 2.11. The van der Waals surface area contributed by atoms with Gasteiger partial charge in [0.25, 0.3) is 0 Å². The van der Waals surface area contributed by atoms with Crippen molar-refractivity contribution in [3.8, 4) is 0 Å². The van der Waals surface area contributed by atoms with E-state index in [-0.39, 0.29) is 0 Å². The van der Waals surface area contributed by atoms with Gasteiger partial charge >= 0.3 is 0 Å². The second-order valence-electron chi connectivity index (χ2n) is 6.63. The summed E-state index contributed by atoms with van der Waals surface area (Å²) in [5.41, 5.74) is 2.46. The second-order valence-corrected chi connectivity index (χ2v) is 6.63. The molecule has 1 aromatic carbocycles. The standard InChI is InChI=1S/C20H29N5O/c1-3-21-20(24-14-19-8-5-11-26-19)23-13-17-6-4-7-18(12-17)15-25-10-9-22-16(25)2/h4,6-7,9-10,12,19H,3,5,8,11,13-15H2,1-2H3,(H2,21,23,24). The summed E-state index contributed by atoms with van der Waals surface area (Å²) >= 11 is 0. The molecule has 0 spiro atoms. The minimum Gasteiger partial charge on any atom is -0.376 e. The molecule has 2 N–H and O–H groups in total. The van der Waals surface area contributed by atoms with Crippen molar-refractivity contribution >= 4 is 5.96 Å². The van der Waals surface area contributed by atoms with E-state index in [0.29, 0.717) is 12.6 Å². The highest BCUT2D eigenvalue weighted by molar-refractivity contribution is 5.79. The average Bonchev–Trinajstić information content (AvgIpc) is 3.30. The normalized spacial score (nSPS) is 17.5. The van der Waals surface area contributed by atoms with Gasteiger partial charge in [0.1, 0.15) is 5.82 Å². The fraction of sp³-hybridized carbons (Fsp3) is 0.500. The summed E-state index contributed by atoms with van der Waals surface area (Å²) in [4.78, 5) is 9.00. The van der Waals surface area contributed by atoms with Crippen molar-refractivity contribution in [2.75, 3.05) is 19.7 Å². The van der Waals surface area contributed by atoms with Crippen molar-refractivity contribution in [2.45, 2.75) is 45.9 Å². The van der Waals surface area contributed by atoms with Gasteiger partial charge in [0.05, 0.1) is 12.6 Å². The van der Waals surface area contributed by atoms with Gasteiger partial charge in [-0.25, -0.2) is 9.98 Å². The Balaban J connectivity index is 1.59. The molecule has 2 aromatic rings. The summed E-state index contributed by atoms with van der Waals surface area (Å²) in [5, 5.41) is 6.70. The van der Waals surface area contributed by atoms with Crippen LogP contribution in [0.15, 0.2) is 41.7 Å². The lowest BCUT2D eigenvalue weighted by atomic mass is 10.1. The van der Waals surface area contributed by atoms with Gasteiger partial charge in [-0.1, -0.05) is 24.3 Å². The van der Waals surface area contributed by atoms with Crippen LogP contribution in [0, 0.1) is 6.92 Å². The number of nitrogens with zero attached hydrogens (tertiary/aromatic N) is 3. The summed E-state index contributed by atoms with van der Waals surface area (Å²) < 4.78 is 7.82. The molecule has 1 unspecified atom stereocenters. The summed E-state index contributed by atoms with van der Waals surface area (Å²) in [6.07, 6.45) is 6.44. The topological polar surface area (TPSA) is 63.5 Å². The fourth-order valence-corrected chi connectivity index (χ4v) is 3.12. The lowest BCUT2D eigenvalue weighted by Gasteiger charge is -2.15. The van der Waals surface area contributed by atoms with Crippen molar-refractivity contribution in [3.63, 3.8) is 0 Å². The number of hydrogen-bond acceptors (Lipinski definition) is 3. The van der Waals surface area contributed by atoms with Gasteiger partial charge in [0, 0.05) is 38.6 Å². The number of hydrogen-bond donors (Lipinski definition) is 2. The van der Waals surface area contributed by atoms with E-state index in [1.165, 1.54) is 11.1 Å². The number of aryl methyl sites for hydroxylation is 1. The van der Waals surface area contributed by atoms with Crippen molar-refractivity contribution in [1.82, 2.24) is 20.2 Å². The van der Waals surface area contributed by atoms with Crippen molar-refractivity contribution in [1.29, 1.82) is 0 Å². The molecular weight excluding hydrogens is 326 g/mol. The van der Waals surface area contributed by atoms with Crippen LogP contribution in [0.3, 0.4) is 0 Å². The van der Waals surface area contributed by atoms with E-state index in [2.05, 4.69) is 51.4 Å². The van der Waals surface area contributed by atoms with Crippen LogP contribution in [0.1, 0.15) is 36.7 Å². The number of aliphatic imine (C=N–C) groups is 1. The Kier molecular flexibility index (Phi) is 6.66. The zero-order valence-corrected chi connectivity index (χ0v) is 15.7. The zero-order chi connectivity index (χ0) is 18.2. The number of nitrogens with one attached hydrogen (secondary N) is 2. The monoisotopic (exact) mass is 355 g/mol. The van der Waals surface area contributed by atoms with Gasteiger partial charge in [-0.2, -0.15) is 0 Å². The largest absolute Gasteiger partial charge is 0.376 e. The Bertz CT molecular complexity index is 718. The van der Waals surface area contributed by atoms with Crippen LogP contribution in [0.5, 0.6) is 0 Å². The second kappa shape index (κ2) is 9.38. The van der Waals surface area contributed by atoms with Gasteiger partial charge in [0.15, 0.2) is 5.96 Å². The lowest BCUT2D eigenvalue weighted by molar-refractivity contribution is 0.114. The molecule has 1 aliphatic rings. The molecule has 0 aliphatic carbocycles.